The fourth-order valence-electron chi connectivity index (χ4n) is 2.41. The molecule has 0 aromatic heterocycles. The number of aromatic hydroxyl groups is 1. The maximum Gasteiger partial charge on any atom is 0.305 e. The third-order valence-electron chi connectivity index (χ3n) is 3.71. The molecule has 0 aliphatic carbocycles. The molecular formula is C18H20BrNO4S2. The summed E-state index contributed by atoms with van der Waals surface area (Å²) in [6, 6.07) is 5.06. The molecule has 1 amide bonds. The van der Waals surface area contributed by atoms with E-state index in [4.69, 9.17) is 17.0 Å². The Balaban J connectivity index is 1.87. The van der Waals surface area contributed by atoms with Crippen molar-refractivity contribution in [1.29, 1.82) is 0 Å². The lowest BCUT2D eigenvalue weighted by Crippen LogP contribution is -2.29. The number of esters is 1. The number of phenolic OH excluding ortho intramolecular Hbond substituents is 1. The summed E-state index contributed by atoms with van der Waals surface area (Å²) in [5, 5.41) is 9.55. The molecule has 1 fully saturated rings. The van der Waals surface area contributed by atoms with E-state index in [9.17, 15) is 14.7 Å². The number of carbonyl (C=O) groups excluding carboxylic acids is 2. The number of benzene rings is 1. The van der Waals surface area contributed by atoms with Gasteiger partial charge in [0.15, 0.2) is 0 Å². The molecule has 5 nitrogen and oxygen atoms in total. The van der Waals surface area contributed by atoms with Gasteiger partial charge >= 0.3 is 5.97 Å². The lowest BCUT2D eigenvalue weighted by molar-refractivity contribution is -0.143. The van der Waals surface area contributed by atoms with Gasteiger partial charge in [0.05, 0.1) is 16.0 Å². The molecule has 1 aliphatic rings. The first-order chi connectivity index (χ1) is 12.4. The molecule has 26 heavy (non-hydrogen) atoms. The first-order valence-electron chi connectivity index (χ1n) is 8.32. The second-order valence-corrected chi connectivity index (χ2v) is 8.19. The van der Waals surface area contributed by atoms with Crippen LogP contribution in [0.1, 0.15) is 38.2 Å². The number of hydrogen-bond acceptors (Lipinski definition) is 6. The second-order valence-electron chi connectivity index (χ2n) is 5.66. The Labute approximate surface area is 170 Å². The lowest BCUT2D eigenvalue weighted by Gasteiger charge is -2.13. The first-order valence-corrected chi connectivity index (χ1v) is 10.3. The number of ether oxygens (including phenoxy) is 1. The monoisotopic (exact) mass is 457 g/mol. The van der Waals surface area contributed by atoms with Gasteiger partial charge in [-0.25, -0.2) is 0 Å². The van der Waals surface area contributed by atoms with E-state index in [0.29, 0.717) is 33.3 Å². The summed E-state index contributed by atoms with van der Waals surface area (Å²) in [4.78, 5) is 26.0. The third-order valence-corrected chi connectivity index (χ3v) is 5.72. The van der Waals surface area contributed by atoms with Crippen LogP contribution >= 0.6 is 39.9 Å². The molecule has 2 rings (SSSR count). The predicted octanol–water partition coefficient (Wildman–Crippen LogP) is 4.48. The van der Waals surface area contributed by atoms with Gasteiger partial charge in [0, 0.05) is 13.0 Å². The molecule has 0 spiro atoms. The highest BCUT2D eigenvalue weighted by molar-refractivity contribution is 9.10. The van der Waals surface area contributed by atoms with Crippen LogP contribution in [0.5, 0.6) is 5.75 Å². The summed E-state index contributed by atoms with van der Waals surface area (Å²) < 4.78 is 6.01. The van der Waals surface area contributed by atoms with Crippen LogP contribution in [0.2, 0.25) is 0 Å². The highest BCUT2D eigenvalue weighted by Gasteiger charge is 2.31. The molecule has 1 aromatic rings. The Kier molecular flexibility index (Phi) is 8.12. The molecule has 1 aromatic carbocycles. The normalized spacial score (nSPS) is 15.8. The number of carbonyl (C=O) groups is 2. The van der Waals surface area contributed by atoms with Gasteiger partial charge in [-0.3, -0.25) is 14.5 Å². The molecule has 1 aliphatic heterocycles. The summed E-state index contributed by atoms with van der Waals surface area (Å²) in [5.41, 5.74) is 0.810. The van der Waals surface area contributed by atoms with Crippen LogP contribution in [-0.2, 0) is 14.3 Å². The molecule has 0 atom stereocenters. The fourth-order valence-corrected chi connectivity index (χ4v) is 4.11. The minimum atomic E-state index is -0.180. The standard InChI is InChI=1S/C18H20BrNO4S2/c1-2-24-16(22)6-4-3-5-9-20-17(23)15(26-18(20)25)11-12-7-8-14(21)13(19)10-12/h7-8,10-11,21H,2-6,9H2,1H3/b15-11+. The fraction of sp³-hybridized carbons (Fsp3) is 0.389. The number of thiocarbonyl (C=S) groups is 1. The van der Waals surface area contributed by atoms with E-state index in [2.05, 4.69) is 15.9 Å². The number of thioether (sulfide) groups is 1. The Morgan fingerprint density at radius 1 is 1.38 bits per heavy atom. The van der Waals surface area contributed by atoms with Crippen LogP contribution in [0.15, 0.2) is 27.6 Å². The van der Waals surface area contributed by atoms with Crippen molar-refractivity contribution in [2.75, 3.05) is 13.2 Å². The molecule has 0 radical (unpaired) electrons. The molecule has 1 heterocycles. The van der Waals surface area contributed by atoms with E-state index in [-0.39, 0.29) is 17.6 Å². The van der Waals surface area contributed by atoms with Crippen molar-refractivity contribution in [3.05, 3.63) is 33.1 Å². The average Bonchev–Trinajstić information content (AvgIpc) is 2.85. The van der Waals surface area contributed by atoms with E-state index >= 15 is 0 Å². The van der Waals surface area contributed by atoms with E-state index in [0.717, 1.165) is 24.8 Å². The van der Waals surface area contributed by atoms with E-state index < -0.39 is 0 Å². The Morgan fingerprint density at radius 2 is 2.15 bits per heavy atom. The minimum Gasteiger partial charge on any atom is -0.507 e. The van der Waals surface area contributed by atoms with Crippen molar-refractivity contribution >= 4 is 62.2 Å². The first kappa shape index (κ1) is 20.9. The highest BCUT2D eigenvalue weighted by atomic mass is 79.9. The zero-order valence-corrected chi connectivity index (χ0v) is 17.6. The van der Waals surface area contributed by atoms with Crippen molar-refractivity contribution in [3.8, 4) is 5.75 Å². The van der Waals surface area contributed by atoms with Crippen molar-refractivity contribution in [1.82, 2.24) is 4.90 Å². The third kappa shape index (κ3) is 5.82. The topological polar surface area (TPSA) is 66.8 Å². The van der Waals surface area contributed by atoms with Crippen LogP contribution in [0.3, 0.4) is 0 Å². The summed E-state index contributed by atoms with van der Waals surface area (Å²) >= 11 is 9.86. The number of halogens is 1. The second kappa shape index (κ2) is 10.1. The SMILES string of the molecule is CCOC(=O)CCCCCN1C(=O)/C(=C\c2ccc(O)c(Br)c2)SC1=S. The molecule has 8 heteroatoms. The van der Waals surface area contributed by atoms with Gasteiger partial charge < -0.3 is 9.84 Å². The Hall–Kier alpha value is -1.38. The number of amides is 1. The minimum absolute atomic E-state index is 0.102. The van der Waals surface area contributed by atoms with Gasteiger partial charge in [0.1, 0.15) is 10.1 Å². The molecule has 0 unspecified atom stereocenters. The van der Waals surface area contributed by atoms with Crippen LogP contribution in [0, 0.1) is 0 Å². The van der Waals surface area contributed by atoms with Gasteiger partial charge in [-0.15, -0.1) is 0 Å². The number of unbranched alkanes of at least 4 members (excludes halogenated alkanes) is 2. The van der Waals surface area contributed by atoms with Gasteiger partial charge in [-0.2, -0.15) is 0 Å². The van der Waals surface area contributed by atoms with Gasteiger partial charge in [0.2, 0.25) is 0 Å². The summed E-state index contributed by atoms with van der Waals surface area (Å²) in [6.07, 6.45) is 4.53. The van der Waals surface area contributed by atoms with E-state index in [1.54, 1.807) is 36.1 Å². The smallest absolute Gasteiger partial charge is 0.305 e. The van der Waals surface area contributed by atoms with E-state index in [1.165, 1.54) is 11.8 Å². The predicted molar refractivity (Wildman–Crippen MR) is 111 cm³/mol. The van der Waals surface area contributed by atoms with Gasteiger partial charge in [-0.1, -0.05) is 36.5 Å². The van der Waals surface area contributed by atoms with Crippen molar-refractivity contribution in [2.24, 2.45) is 0 Å². The summed E-state index contributed by atoms with van der Waals surface area (Å²) in [7, 11) is 0. The molecule has 1 saturated heterocycles. The van der Waals surface area contributed by atoms with Crippen molar-refractivity contribution in [3.63, 3.8) is 0 Å². The molecule has 0 saturated carbocycles. The Morgan fingerprint density at radius 3 is 2.85 bits per heavy atom. The number of hydrogen-bond donors (Lipinski definition) is 1. The number of phenols is 1. The molecule has 0 bridgehead atoms. The lowest BCUT2D eigenvalue weighted by atomic mass is 10.2. The molecular weight excluding hydrogens is 438 g/mol. The summed E-state index contributed by atoms with van der Waals surface area (Å²) in [6.45, 7) is 2.74. The molecule has 1 N–H and O–H groups in total. The highest BCUT2D eigenvalue weighted by Crippen LogP contribution is 2.34. The zero-order chi connectivity index (χ0) is 19.1. The maximum atomic E-state index is 12.5. The quantitative estimate of drug-likeness (QED) is 0.268. The largest absolute Gasteiger partial charge is 0.507 e. The van der Waals surface area contributed by atoms with Crippen molar-refractivity contribution in [2.45, 2.75) is 32.6 Å². The van der Waals surface area contributed by atoms with Crippen LogP contribution < -0.4 is 0 Å². The van der Waals surface area contributed by atoms with Gasteiger partial charge in [-0.05, 0) is 59.5 Å². The zero-order valence-electron chi connectivity index (χ0n) is 14.4. The Bertz CT molecular complexity index is 736. The average molecular weight is 458 g/mol. The maximum absolute atomic E-state index is 12.5. The van der Waals surface area contributed by atoms with Crippen molar-refractivity contribution < 1.29 is 19.4 Å². The van der Waals surface area contributed by atoms with Crippen LogP contribution in [0.4, 0.5) is 0 Å². The van der Waals surface area contributed by atoms with Gasteiger partial charge in [0.25, 0.3) is 5.91 Å². The van der Waals surface area contributed by atoms with Crippen LogP contribution in [0.25, 0.3) is 6.08 Å². The van der Waals surface area contributed by atoms with E-state index in [1.807, 2.05) is 0 Å². The van der Waals surface area contributed by atoms with Crippen LogP contribution in [-0.4, -0.2) is 39.4 Å². The summed E-state index contributed by atoms with van der Waals surface area (Å²) in [5.74, 6) is -0.131. The number of rotatable bonds is 8. The molecule has 140 valence electrons. The number of nitrogens with zero attached hydrogens (tertiary/aromatic N) is 1.